The predicted molar refractivity (Wildman–Crippen MR) is 84.7 cm³/mol. The van der Waals surface area contributed by atoms with E-state index < -0.39 is 0 Å². The smallest absolute Gasteiger partial charge is 0.113 e. The van der Waals surface area contributed by atoms with Crippen molar-refractivity contribution < 1.29 is 0 Å². The van der Waals surface area contributed by atoms with Crippen LogP contribution < -0.4 is 4.90 Å². The summed E-state index contributed by atoms with van der Waals surface area (Å²) in [6, 6.07) is 20.8. The van der Waals surface area contributed by atoms with E-state index >= 15 is 0 Å². The Balaban J connectivity index is 1.88. The quantitative estimate of drug-likeness (QED) is 0.761. The van der Waals surface area contributed by atoms with Crippen LogP contribution in [0.15, 0.2) is 60.7 Å². The highest BCUT2D eigenvalue weighted by molar-refractivity contribution is 7.81. The number of hydrogen-bond acceptors (Lipinski definition) is 1. The van der Waals surface area contributed by atoms with E-state index in [1.165, 1.54) is 18.5 Å². The first kappa shape index (κ1) is 12.4. The number of anilines is 1. The molecule has 1 aliphatic rings. The maximum atomic E-state index is 5.70. The van der Waals surface area contributed by atoms with Gasteiger partial charge in [0.2, 0.25) is 0 Å². The molecule has 0 radical (unpaired) electrons. The molecule has 0 aliphatic heterocycles. The first-order valence-electron chi connectivity index (χ1n) is 6.76. The highest BCUT2D eigenvalue weighted by Gasteiger charge is 2.26. The van der Waals surface area contributed by atoms with E-state index in [0.717, 1.165) is 23.0 Å². The minimum absolute atomic E-state index is 0.807. The van der Waals surface area contributed by atoms with Crippen molar-refractivity contribution in [2.75, 3.05) is 11.4 Å². The van der Waals surface area contributed by atoms with Crippen LogP contribution >= 0.6 is 12.2 Å². The van der Waals surface area contributed by atoms with Gasteiger partial charge in [-0.3, -0.25) is 0 Å². The van der Waals surface area contributed by atoms with Crippen LogP contribution in [0.3, 0.4) is 0 Å². The Labute approximate surface area is 119 Å². The van der Waals surface area contributed by atoms with Gasteiger partial charge in [-0.05, 0) is 30.9 Å². The molecule has 96 valence electrons. The van der Waals surface area contributed by atoms with E-state index in [1.54, 1.807) is 0 Å². The molecule has 2 aromatic rings. The van der Waals surface area contributed by atoms with Crippen LogP contribution in [0.1, 0.15) is 18.4 Å². The van der Waals surface area contributed by atoms with Crippen molar-refractivity contribution in [3.63, 3.8) is 0 Å². The second-order valence-electron chi connectivity index (χ2n) is 5.06. The monoisotopic (exact) mass is 267 g/mol. The lowest BCUT2D eigenvalue weighted by atomic mass is 10.2. The minimum atomic E-state index is 0.807. The third-order valence-electron chi connectivity index (χ3n) is 3.47. The van der Waals surface area contributed by atoms with E-state index in [9.17, 15) is 0 Å². The number of hydrogen-bond donors (Lipinski definition) is 0. The van der Waals surface area contributed by atoms with Crippen molar-refractivity contribution in [1.29, 1.82) is 0 Å². The molecule has 0 heterocycles. The molecule has 0 saturated heterocycles. The van der Waals surface area contributed by atoms with Crippen LogP contribution in [0.2, 0.25) is 0 Å². The largest absolute Gasteiger partial charge is 0.332 e. The number of nitrogens with zero attached hydrogens (tertiary/aromatic N) is 1. The van der Waals surface area contributed by atoms with Gasteiger partial charge in [0.1, 0.15) is 4.99 Å². The Morgan fingerprint density at radius 1 is 0.947 bits per heavy atom. The van der Waals surface area contributed by atoms with E-state index in [0.29, 0.717) is 0 Å². The van der Waals surface area contributed by atoms with Crippen molar-refractivity contribution >= 4 is 22.9 Å². The summed E-state index contributed by atoms with van der Waals surface area (Å²) in [4.78, 5) is 3.21. The molecule has 3 rings (SSSR count). The molecule has 19 heavy (non-hydrogen) atoms. The van der Waals surface area contributed by atoms with Crippen molar-refractivity contribution in [2.24, 2.45) is 5.92 Å². The lowest BCUT2D eigenvalue weighted by Crippen LogP contribution is -2.32. The molecule has 0 spiro atoms. The van der Waals surface area contributed by atoms with Crippen molar-refractivity contribution in [3.8, 4) is 0 Å². The molecule has 1 aliphatic carbocycles. The summed E-state index contributed by atoms with van der Waals surface area (Å²) in [5.41, 5.74) is 2.32. The van der Waals surface area contributed by atoms with E-state index in [-0.39, 0.29) is 0 Å². The second-order valence-corrected chi connectivity index (χ2v) is 5.45. The Bertz CT molecular complexity index is 546. The summed E-state index contributed by atoms with van der Waals surface area (Å²) >= 11 is 5.70. The van der Waals surface area contributed by atoms with Gasteiger partial charge in [-0.1, -0.05) is 60.7 Å². The molecule has 0 bridgehead atoms. The number of rotatable bonds is 4. The average molecular weight is 267 g/mol. The third-order valence-corrected chi connectivity index (χ3v) is 3.93. The summed E-state index contributed by atoms with van der Waals surface area (Å²) in [7, 11) is 0. The van der Waals surface area contributed by atoms with Crippen LogP contribution in [0.25, 0.3) is 0 Å². The fourth-order valence-corrected chi connectivity index (χ4v) is 2.52. The molecule has 1 fully saturated rings. The van der Waals surface area contributed by atoms with Crippen molar-refractivity contribution in [2.45, 2.75) is 12.8 Å². The summed E-state index contributed by atoms with van der Waals surface area (Å²) in [6.07, 6.45) is 2.67. The highest BCUT2D eigenvalue weighted by atomic mass is 32.1. The molecular weight excluding hydrogens is 250 g/mol. The van der Waals surface area contributed by atoms with E-state index in [1.807, 2.05) is 24.3 Å². The normalized spacial score (nSPS) is 14.1. The van der Waals surface area contributed by atoms with Crippen LogP contribution in [-0.4, -0.2) is 11.5 Å². The molecule has 0 atom stereocenters. The van der Waals surface area contributed by atoms with Crippen LogP contribution in [0.5, 0.6) is 0 Å². The Hall–Kier alpha value is -1.67. The van der Waals surface area contributed by atoms with Gasteiger partial charge in [0.15, 0.2) is 0 Å². The molecule has 2 aromatic carbocycles. The molecule has 0 amide bonds. The van der Waals surface area contributed by atoms with Crippen LogP contribution in [-0.2, 0) is 0 Å². The molecule has 0 unspecified atom stereocenters. The fraction of sp³-hybridized carbons (Fsp3) is 0.235. The molecule has 1 nitrogen and oxygen atoms in total. The standard InChI is InChI=1S/C17H17NS/c19-17(15-7-3-1-4-8-15)18(13-14-11-12-14)16-9-5-2-6-10-16/h1-10,14H,11-13H2. The number of para-hydroxylation sites is 1. The van der Waals surface area contributed by atoms with Gasteiger partial charge in [0, 0.05) is 17.8 Å². The number of thiocarbonyl (C=S) groups is 1. The van der Waals surface area contributed by atoms with Crippen molar-refractivity contribution in [1.82, 2.24) is 0 Å². The lowest BCUT2D eigenvalue weighted by molar-refractivity contribution is 0.832. The Morgan fingerprint density at radius 3 is 2.11 bits per heavy atom. The van der Waals surface area contributed by atoms with Crippen molar-refractivity contribution in [3.05, 3.63) is 66.2 Å². The summed E-state index contributed by atoms with van der Waals surface area (Å²) in [5.74, 6) is 0.807. The van der Waals surface area contributed by atoms with Crippen LogP contribution in [0, 0.1) is 5.92 Å². The SMILES string of the molecule is S=C(c1ccccc1)N(CC1CC1)c1ccccc1. The molecule has 1 saturated carbocycles. The predicted octanol–water partition coefficient (Wildman–Crippen LogP) is 4.28. The average Bonchev–Trinajstić information content (AvgIpc) is 3.30. The highest BCUT2D eigenvalue weighted by Crippen LogP contribution is 2.32. The minimum Gasteiger partial charge on any atom is -0.332 e. The molecule has 0 aromatic heterocycles. The van der Waals surface area contributed by atoms with E-state index in [4.69, 9.17) is 12.2 Å². The first-order valence-corrected chi connectivity index (χ1v) is 7.17. The zero-order valence-electron chi connectivity index (χ0n) is 10.8. The van der Waals surface area contributed by atoms with Gasteiger partial charge in [0.25, 0.3) is 0 Å². The van der Waals surface area contributed by atoms with Gasteiger partial charge in [0.05, 0.1) is 0 Å². The topological polar surface area (TPSA) is 3.24 Å². The van der Waals surface area contributed by atoms with Gasteiger partial charge >= 0.3 is 0 Å². The summed E-state index contributed by atoms with van der Waals surface area (Å²) < 4.78 is 0. The molecule has 0 N–H and O–H groups in total. The van der Waals surface area contributed by atoms with Gasteiger partial charge in [-0.2, -0.15) is 0 Å². The maximum absolute atomic E-state index is 5.70. The fourth-order valence-electron chi connectivity index (χ4n) is 2.21. The zero-order chi connectivity index (χ0) is 13.1. The first-order chi connectivity index (χ1) is 9.34. The van der Waals surface area contributed by atoms with Crippen LogP contribution in [0.4, 0.5) is 5.69 Å². The van der Waals surface area contributed by atoms with Gasteiger partial charge < -0.3 is 4.90 Å². The molecular formula is C17H17NS. The van der Waals surface area contributed by atoms with Gasteiger partial charge in [-0.25, -0.2) is 0 Å². The lowest BCUT2D eigenvalue weighted by Gasteiger charge is -2.25. The number of benzene rings is 2. The maximum Gasteiger partial charge on any atom is 0.113 e. The Morgan fingerprint density at radius 2 is 1.53 bits per heavy atom. The zero-order valence-corrected chi connectivity index (χ0v) is 11.6. The van der Waals surface area contributed by atoms with Gasteiger partial charge in [-0.15, -0.1) is 0 Å². The van der Waals surface area contributed by atoms with E-state index in [2.05, 4.69) is 41.3 Å². The molecule has 2 heteroatoms. The third kappa shape index (κ3) is 3.02. The second kappa shape index (κ2) is 5.54. The summed E-state index contributed by atoms with van der Waals surface area (Å²) in [6.45, 7) is 1.04. The Kier molecular flexibility index (Phi) is 3.60. The summed E-state index contributed by atoms with van der Waals surface area (Å²) in [5, 5.41) is 0.